The van der Waals surface area contributed by atoms with Gasteiger partial charge in [-0.3, -0.25) is 4.79 Å². The molecular formula is C15H16N4O3. The zero-order chi connectivity index (χ0) is 15.5. The van der Waals surface area contributed by atoms with E-state index in [2.05, 4.69) is 15.5 Å². The molecule has 0 aliphatic carbocycles. The summed E-state index contributed by atoms with van der Waals surface area (Å²) in [6, 6.07) is 5.52. The first-order valence-corrected chi connectivity index (χ1v) is 6.84. The van der Waals surface area contributed by atoms with Crippen LogP contribution < -0.4 is 14.8 Å². The first-order valence-electron chi connectivity index (χ1n) is 6.84. The molecule has 114 valence electrons. The maximum Gasteiger partial charge on any atom is 0.244 e. The second-order valence-corrected chi connectivity index (χ2v) is 4.89. The number of nitrogens with one attached hydrogen (secondary N) is 1. The van der Waals surface area contributed by atoms with Crippen molar-refractivity contribution >= 4 is 12.0 Å². The summed E-state index contributed by atoms with van der Waals surface area (Å²) in [5, 5.41) is 10.7. The summed E-state index contributed by atoms with van der Waals surface area (Å²) in [7, 11) is 1.86. The molecule has 0 spiro atoms. The second-order valence-electron chi connectivity index (χ2n) is 4.89. The van der Waals surface area contributed by atoms with Gasteiger partial charge in [0.05, 0.1) is 6.54 Å². The van der Waals surface area contributed by atoms with Crippen molar-refractivity contribution in [2.24, 2.45) is 7.05 Å². The molecule has 0 radical (unpaired) electrons. The Morgan fingerprint density at radius 2 is 2.18 bits per heavy atom. The molecule has 1 amide bonds. The van der Waals surface area contributed by atoms with E-state index in [4.69, 9.17) is 9.47 Å². The van der Waals surface area contributed by atoms with Gasteiger partial charge in [0.15, 0.2) is 17.3 Å². The Morgan fingerprint density at radius 3 is 2.95 bits per heavy atom. The van der Waals surface area contributed by atoms with Crippen LogP contribution in [0.5, 0.6) is 11.5 Å². The number of hydrogen-bond donors (Lipinski definition) is 1. The minimum atomic E-state index is -0.196. The molecule has 1 aromatic heterocycles. The highest BCUT2D eigenvalue weighted by Crippen LogP contribution is 2.32. The number of aryl methyl sites for hydroxylation is 1. The van der Waals surface area contributed by atoms with Crippen molar-refractivity contribution in [2.45, 2.75) is 13.5 Å². The van der Waals surface area contributed by atoms with Crippen LogP contribution in [0.3, 0.4) is 0 Å². The van der Waals surface area contributed by atoms with Crippen molar-refractivity contribution in [2.75, 3.05) is 6.79 Å². The van der Waals surface area contributed by atoms with Gasteiger partial charge < -0.3 is 19.4 Å². The Kier molecular flexibility index (Phi) is 3.78. The van der Waals surface area contributed by atoms with Gasteiger partial charge in [-0.05, 0) is 30.7 Å². The lowest BCUT2D eigenvalue weighted by atomic mass is 10.2. The van der Waals surface area contributed by atoms with Crippen molar-refractivity contribution in [3.05, 3.63) is 41.5 Å². The normalized spacial score (nSPS) is 12.8. The van der Waals surface area contributed by atoms with Crippen LogP contribution in [0.1, 0.15) is 17.2 Å². The predicted molar refractivity (Wildman–Crippen MR) is 79.2 cm³/mol. The number of carbonyl (C=O) groups is 1. The molecule has 0 atom stereocenters. The van der Waals surface area contributed by atoms with Gasteiger partial charge in [0.25, 0.3) is 0 Å². The summed E-state index contributed by atoms with van der Waals surface area (Å²) in [6.07, 6.45) is 3.19. The van der Waals surface area contributed by atoms with Crippen molar-refractivity contribution in [3.63, 3.8) is 0 Å². The molecule has 7 heteroatoms. The summed E-state index contributed by atoms with van der Waals surface area (Å²) < 4.78 is 12.4. The summed E-state index contributed by atoms with van der Waals surface area (Å²) in [6.45, 7) is 2.43. The maximum atomic E-state index is 11.8. The van der Waals surface area contributed by atoms with Crippen LogP contribution >= 0.6 is 0 Å². The highest BCUT2D eigenvalue weighted by Gasteiger charge is 2.12. The Labute approximate surface area is 127 Å². The molecule has 2 heterocycles. The third-order valence-corrected chi connectivity index (χ3v) is 3.43. The smallest absolute Gasteiger partial charge is 0.244 e. The van der Waals surface area contributed by atoms with Gasteiger partial charge in [-0.1, -0.05) is 6.07 Å². The van der Waals surface area contributed by atoms with Gasteiger partial charge in [-0.15, -0.1) is 10.2 Å². The summed E-state index contributed by atoms with van der Waals surface area (Å²) in [5.74, 6) is 2.73. The topological polar surface area (TPSA) is 78.3 Å². The lowest BCUT2D eigenvalue weighted by Crippen LogP contribution is -2.22. The third-order valence-electron chi connectivity index (χ3n) is 3.43. The summed E-state index contributed by atoms with van der Waals surface area (Å²) >= 11 is 0. The standard InChI is InChI=1S/C15H16N4O3/c1-10-17-18-14(19(10)2)8-16-15(20)6-4-11-3-5-12-13(7-11)22-9-21-12/h3-7H,8-9H2,1-2H3,(H,16,20)/b6-4+. The van der Waals surface area contributed by atoms with E-state index in [1.54, 1.807) is 6.08 Å². The number of aromatic nitrogens is 3. The zero-order valence-corrected chi connectivity index (χ0v) is 12.4. The molecule has 0 bridgehead atoms. The van der Waals surface area contributed by atoms with Gasteiger partial charge in [0, 0.05) is 13.1 Å². The Morgan fingerprint density at radius 1 is 1.36 bits per heavy atom. The Hall–Kier alpha value is -2.83. The van der Waals surface area contributed by atoms with Gasteiger partial charge in [0.2, 0.25) is 12.7 Å². The highest BCUT2D eigenvalue weighted by molar-refractivity contribution is 5.91. The van der Waals surface area contributed by atoms with Crippen LogP contribution in [-0.2, 0) is 18.4 Å². The fourth-order valence-corrected chi connectivity index (χ4v) is 2.02. The Bertz CT molecular complexity index is 736. The van der Waals surface area contributed by atoms with E-state index in [0.29, 0.717) is 18.1 Å². The van der Waals surface area contributed by atoms with Crippen molar-refractivity contribution < 1.29 is 14.3 Å². The lowest BCUT2D eigenvalue weighted by Gasteiger charge is -2.02. The minimum absolute atomic E-state index is 0.196. The minimum Gasteiger partial charge on any atom is -0.454 e. The van der Waals surface area contributed by atoms with E-state index in [9.17, 15) is 4.79 Å². The molecule has 1 aromatic carbocycles. The van der Waals surface area contributed by atoms with Crippen LogP contribution in [0.4, 0.5) is 0 Å². The van der Waals surface area contributed by atoms with Crippen LogP contribution in [0, 0.1) is 6.92 Å². The molecular weight excluding hydrogens is 284 g/mol. The molecule has 1 aliphatic heterocycles. The SMILES string of the molecule is Cc1nnc(CNC(=O)/C=C/c2ccc3c(c2)OCO3)n1C. The van der Waals surface area contributed by atoms with E-state index in [-0.39, 0.29) is 12.7 Å². The number of hydrogen-bond acceptors (Lipinski definition) is 5. The van der Waals surface area contributed by atoms with Gasteiger partial charge in [0.1, 0.15) is 5.82 Å². The number of amides is 1. The molecule has 0 saturated heterocycles. The predicted octanol–water partition coefficient (Wildman–Crippen LogP) is 1.18. The lowest BCUT2D eigenvalue weighted by molar-refractivity contribution is -0.116. The molecule has 0 saturated carbocycles. The molecule has 1 N–H and O–H groups in total. The number of ether oxygens (including phenoxy) is 2. The van der Waals surface area contributed by atoms with Gasteiger partial charge >= 0.3 is 0 Å². The van der Waals surface area contributed by atoms with Crippen molar-refractivity contribution in [1.29, 1.82) is 0 Å². The molecule has 0 unspecified atom stereocenters. The van der Waals surface area contributed by atoms with E-state index < -0.39 is 0 Å². The van der Waals surface area contributed by atoms with Crippen LogP contribution in [0.15, 0.2) is 24.3 Å². The molecule has 0 fully saturated rings. The average molecular weight is 300 g/mol. The monoisotopic (exact) mass is 300 g/mol. The van der Waals surface area contributed by atoms with E-state index in [1.165, 1.54) is 6.08 Å². The summed E-state index contributed by atoms with van der Waals surface area (Å²) in [5.41, 5.74) is 0.869. The second kappa shape index (κ2) is 5.88. The molecule has 7 nitrogen and oxygen atoms in total. The quantitative estimate of drug-likeness (QED) is 0.858. The highest BCUT2D eigenvalue weighted by atomic mass is 16.7. The number of nitrogens with zero attached hydrogens (tertiary/aromatic N) is 3. The Balaban J connectivity index is 1.58. The maximum absolute atomic E-state index is 11.8. The first kappa shape index (κ1) is 14.1. The van der Waals surface area contributed by atoms with Crippen LogP contribution in [0.25, 0.3) is 6.08 Å². The fraction of sp³-hybridized carbons (Fsp3) is 0.267. The largest absolute Gasteiger partial charge is 0.454 e. The fourth-order valence-electron chi connectivity index (χ4n) is 2.02. The van der Waals surface area contributed by atoms with Crippen LogP contribution in [0.2, 0.25) is 0 Å². The van der Waals surface area contributed by atoms with Gasteiger partial charge in [-0.25, -0.2) is 0 Å². The zero-order valence-electron chi connectivity index (χ0n) is 12.4. The average Bonchev–Trinajstić information content (AvgIpc) is 3.11. The van der Waals surface area contributed by atoms with E-state index in [1.807, 2.05) is 36.7 Å². The number of rotatable bonds is 4. The summed E-state index contributed by atoms with van der Waals surface area (Å²) in [4.78, 5) is 11.8. The number of fused-ring (bicyclic) bond motifs is 1. The number of benzene rings is 1. The van der Waals surface area contributed by atoms with E-state index in [0.717, 1.165) is 17.1 Å². The molecule has 2 aromatic rings. The van der Waals surface area contributed by atoms with E-state index >= 15 is 0 Å². The number of carbonyl (C=O) groups excluding carboxylic acids is 1. The van der Waals surface area contributed by atoms with Crippen molar-refractivity contribution in [1.82, 2.24) is 20.1 Å². The first-order chi connectivity index (χ1) is 10.6. The third kappa shape index (κ3) is 2.93. The molecule has 3 rings (SSSR count). The van der Waals surface area contributed by atoms with Crippen molar-refractivity contribution in [3.8, 4) is 11.5 Å². The molecule has 1 aliphatic rings. The molecule has 22 heavy (non-hydrogen) atoms. The van der Waals surface area contributed by atoms with Crippen LogP contribution in [-0.4, -0.2) is 27.5 Å². The van der Waals surface area contributed by atoms with Gasteiger partial charge in [-0.2, -0.15) is 0 Å².